The van der Waals surface area contributed by atoms with Crippen molar-refractivity contribution in [1.29, 1.82) is 0 Å². The van der Waals surface area contributed by atoms with Gasteiger partial charge >= 0.3 is 0 Å². The summed E-state index contributed by atoms with van der Waals surface area (Å²) in [5.41, 5.74) is 18.6. The molecule has 4 heterocycles. The molecule has 3 aliphatic rings. The number of nitrogens with zero attached hydrogens (tertiary/aromatic N) is 3. The van der Waals surface area contributed by atoms with Crippen molar-refractivity contribution in [1.82, 2.24) is 68.4 Å². The van der Waals surface area contributed by atoms with Crippen LogP contribution in [0, 0.1) is 5.92 Å². The molecule has 0 saturated carbocycles. The molecule has 10 atom stereocenters. The third-order valence-electron chi connectivity index (χ3n) is 16.8. The molecule has 1 aromatic heterocycles. The van der Waals surface area contributed by atoms with Gasteiger partial charge in [-0.25, -0.2) is 0 Å². The number of rotatable bonds is 14. The Morgan fingerprint density at radius 2 is 1.22 bits per heavy atom. The monoisotopic (exact) mass is 1370 g/mol. The summed E-state index contributed by atoms with van der Waals surface area (Å²) in [4.78, 5) is 197. The van der Waals surface area contributed by atoms with Crippen LogP contribution in [0.25, 0.3) is 10.8 Å². The number of pyridine rings is 1. The number of benzene rings is 3. The molecule has 0 radical (unpaired) electrons. The molecule has 30 nitrogen and oxygen atoms in total. The number of hydrogen-bond donors (Lipinski definition) is 14. The van der Waals surface area contributed by atoms with Crippen LogP contribution in [-0.4, -0.2) is 179 Å². The van der Waals surface area contributed by atoms with E-state index >= 15 is 24.0 Å². The molecule has 17 N–H and O–H groups in total. The van der Waals surface area contributed by atoms with Crippen LogP contribution in [-0.2, 0) is 81.6 Å². The van der Waals surface area contributed by atoms with Crippen molar-refractivity contribution in [3.8, 4) is 0 Å². The van der Waals surface area contributed by atoms with Gasteiger partial charge in [-0.2, -0.15) is 0 Å². The molecule has 13 amide bonds. The van der Waals surface area contributed by atoms with Crippen molar-refractivity contribution in [2.24, 2.45) is 28.1 Å². The molecular weight excluding hydrogens is 1290 g/mol. The summed E-state index contributed by atoms with van der Waals surface area (Å²) < 4.78 is 0. The SMILES string of the molecule is CC(=O)N[C@@H]1CCC(=O)NCCCC[C@@H]2NC(=O)[C@H](CC(C)C)NC(=O)[C@@H](Cc3ccc4ccccc4c3)NC(=O)[C@H](CCCN=C(N)N)NC(=O)[C@H](CC(=O)NC[C@H](C(N)=O)NC(=O)[C@@H]3CCCN3C2=O)NC(=O)[C@@H](Cc2cccnc2)NC(=O)[C@H](Cc2ccc(Cl)cc2)NC1=O. The zero-order valence-corrected chi connectivity index (χ0v) is 55.8. The van der Waals surface area contributed by atoms with E-state index in [2.05, 4.69) is 68.5 Å². The molecule has 7 rings (SSSR count). The van der Waals surface area contributed by atoms with Gasteiger partial charge in [0.15, 0.2) is 5.96 Å². The first-order valence-electron chi connectivity index (χ1n) is 32.8. The molecule has 3 aromatic carbocycles. The van der Waals surface area contributed by atoms with Gasteiger partial charge in [-0.3, -0.25) is 72.3 Å². The number of guanidine groups is 1. The molecule has 526 valence electrons. The summed E-state index contributed by atoms with van der Waals surface area (Å²) in [6, 6.07) is 7.00. The Morgan fingerprint density at radius 3 is 1.89 bits per heavy atom. The highest BCUT2D eigenvalue weighted by molar-refractivity contribution is 6.30. The van der Waals surface area contributed by atoms with E-state index in [0.717, 1.165) is 17.7 Å². The highest BCUT2D eigenvalue weighted by Gasteiger charge is 2.41. The lowest BCUT2D eigenvalue weighted by atomic mass is 9.98. The van der Waals surface area contributed by atoms with Crippen molar-refractivity contribution in [3.63, 3.8) is 0 Å². The van der Waals surface area contributed by atoms with Crippen LogP contribution in [0.3, 0.4) is 0 Å². The number of aliphatic imine (C=N–C) groups is 1. The van der Waals surface area contributed by atoms with Crippen molar-refractivity contribution in [2.75, 3.05) is 26.2 Å². The van der Waals surface area contributed by atoms with E-state index in [4.69, 9.17) is 28.8 Å². The molecule has 98 heavy (non-hydrogen) atoms. The van der Waals surface area contributed by atoms with E-state index in [0.29, 0.717) is 28.1 Å². The van der Waals surface area contributed by atoms with E-state index in [1.54, 1.807) is 56.3 Å². The molecular formula is C67H88ClN17O13. The van der Waals surface area contributed by atoms with Crippen molar-refractivity contribution in [3.05, 3.63) is 113 Å². The van der Waals surface area contributed by atoms with Gasteiger partial charge in [0.25, 0.3) is 0 Å². The Bertz CT molecular complexity index is 3580. The first-order valence-corrected chi connectivity index (χ1v) is 33.2. The Hall–Kier alpha value is -10.3. The number of fused-ring (bicyclic) bond motifs is 9. The standard InChI is InChI=1S/C67H88ClN17O13/c1-37(2)29-48-60(92)78-47-14-6-7-26-73-55(87)24-23-46(76-38(3)86)59(91)80-49(31-39-18-21-44(68)22-19-39)61(93)82-51(33-41-11-8-25-72-35-41)63(95)83-52(34-56(88)75-36-53(57(69)89)84-65(97)54-16-10-28-85(54)66(47)98)64(96)77-45(15-9-27-74-67(70)71)58(90)81-50(62(94)79-48)32-40-17-20-42-12-4-5-13-43(42)30-40/h4-5,8,11-13,17-22,25,30,35,37,45-54H,6-7,9-10,14-16,23-24,26-29,31-34,36H2,1-3H3,(H2,69,89)(H,73,87)(H,75,88)(H,76,86)(H,77,96)(H,78,92)(H,79,94)(H,80,91)(H,81,90)(H,82,93)(H,83,95)(H,84,97)(H4,70,71,74)/t45-,46+,47-,48-,49-,50+,51+,52-,53+,54-/m0/s1. The minimum atomic E-state index is -1.97. The van der Waals surface area contributed by atoms with Gasteiger partial charge < -0.3 is 80.6 Å². The lowest BCUT2D eigenvalue weighted by Crippen LogP contribution is -2.61. The Labute approximate surface area is 571 Å². The Balaban J connectivity index is 1.38. The number of carbonyl (C=O) groups excluding carboxylic acids is 13. The zero-order chi connectivity index (χ0) is 71.0. The summed E-state index contributed by atoms with van der Waals surface area (Å²) >= 11 is 6.23. The predicted molar refractivity (Wildman–Crippen MR) is 361 cm³/mol. The summed E-state index contributed by atoms with van der Waals surface area (Å²) in [6.07, 6.45) is 1.08. The largest absolute Gasteiger partial charge is 0.370 e. The Kier molecular flexibility index (Phi) is 28.2. The van der Waals surface area contributed by atoms with Gasteiger partial charge in [0.05, 0.1) is 6.42 Å². The van der Waals surface area contributed by atoms with Crippen LogP contribution < -0.4 is 75.7 Å². The predicted octanol–water partition coefficient (Wildman–Crippen LogP) is -1.52. The molecule has 31 heteroatoms. The summed E-state index contributed by atoms with van der Waals surface area (Å²) in [7, 11) is 0. The number of nitrogens with two attached hydrogens (primary N) is 3. The molecule has 0 unspecified atom stereocenters. The summed E-state index contributed by atoms with van der Waals surface area (Å²) in [5.74, 6) is -12.2. The number of hydrogen-bond acceptors (Lipinski definition) is 15. The number of nitrogens with one attached hydrogen (secondary N) is 11. The Morgan fingerprint density at radius 1 is 0.612 bits per heavy atom. The minimum absolute atomic E-state index is 0.00889. The molecule has 3 saturated heterocycles. The molecule has 4 aromatic rings. The number of aromatic nitrogens is 1. The van der Waals surface area contributed by atoms with Gasteiger partial charge in [0, 0.05) is 76.2 Å². The second-order valence-electron chi connectivity index (χ2n) is 25.1. The number of halogens is 1. The fraction of sp³-hybridized carbons (Fsp3) is 0.478. The first-order chi connectivity index (χ1) is 46.8. The second-order valence-corrected chi connectivity index (χ2v) is 25.5. The zero-order valence-electron chi connectivity index (χ0n) is 55.0. The lowest BCUT2D eigenvalue weighted by molar-refractivity contribution is -0.142. The van der Waals surface area contributed by atoms with Crippen molar-refractivity contribution >= 4 is 105 Å². The maximum atomic E-state index is 15.2. The maximum Gasteiger partial charge on any atom is 0.245 e. The van der Waals surface area contributed by atoms with E-state index in [1.165, 1.54) is 17.3 Å². The van der Waals surface area contributed by atoms with Crippen LogP contribution in [0.2, 0.25) is 5.02 Å². The van der Waals surface area contributed by atoms with Crippen LogP contribution in [0.4, 0.5) is 0 Å². The first kappa shape index (κ1) is 75.1. The normalized spacial score (nSPS) is 24.5. The average Bonchev–Trinajstić information content (AvgIpc) is 1.52. The van der Waals surface area contributed by atoms with Gasteiger partial charge in [0.2, 0.25) is 76.8 Å². The average molecular weight is 1370 g/mol. The maximum absolute atomic E-state index is 15.2. The third kappa shape index (κ3) is 23.2. The topological polar surface area (TPSA) is 461 Å². The smallest absolute Gasteiger partial charge is 0.245 e. The minimum Gasteiger partial charge on any atom is -0.370 e. The number of amides is 13. The van der Waals surface area contributed by atoms with Crippen molar-refractivity contribution < 1.29 is 62.3 Å². The number of primary amides is 1. The van der Waals surface area contributed by atoms with Crippen LogP contribution in [0.15, 0.2) is 96.2 Å². The quantitative estimate of drug-likeness (QED) is 0.0387. The van der Waals surface area contributed by atoms with Gasteiger partial charge in [-0.15, -0.1) is 0 Å². The highest BCUT2D eigenvalue weighted by Crippen LogP contribution is 2.23. The van der Waals surface area contributed by atoms with E-state index in [-0.39, 0.29) is 109 Å². The van der Waals surface area contributed by atoms with E-state index < -0.39 is 150 Å². The summed E-state index contributed by atoms with van der Waals surface area (Å²) in [5, 5.41) is 31.4. The lowest BCUT2D eigenvalue weighted by Gasteiger charge is -2.31. The fourth-order valence-electron chi connectivity index (χ4n) is 11.7. The molecule has 3 aliphatic heterocycles. The van der Waals surface area contributed by atoms with E-state index in [1.807, 2.05) is 36.4 Å². The van der Waals surface area contributed by atoms with Crippen LogP contribution in [0.1, 0.15) is 108 Å². The highest BCUT2D eigenvalue weighted by atomic mass is 35.5. The van der Waals surface area contributed by atoms with Crippen LogP contribution in [0.5, 0.6) is 0 Å². The van der Waals surface area contributed by atoms with Gasteiger partial charge in [-0.1, -0.05) is 86.1 Å². The second kappa shape index (κ2) is 36.7. The van der Waals surface area contributed by atoms with Gasteiger partial charge in [-0.05, 0) is 109 Å². The van der Waals surface area contributed by atoms with Crippen LogP contribution >= 0.6 is 11.6 Å². The van der Waals surface area contributed by atoms with Crippen molar-refractivity contribution in [2.45, 2.75) is 171 Å². The third-order valence-corrected chi connectivity index (χ3v) is 17.1. The fourth-order valence-corrected chi connectivity index (χ4v) is 11.9. The molecule has 2 bridgehead atoms. The molecule has 0 aliphatic carbocycles. The van der Waals surface area contributed by atoms with Gasteiger partial charge in [0.1, 0.15) is 60.4 Å². The number of carbonyl (C=O) groups is 13. The van der Waals surface area contributed by atoms with E-state index in [9.17, 15) is 38.4 Å². The molecule has 0 spiro atoms. The molecule has 3 fully saturated rings. The summed E-state index contributed by atoms with van der Waals surface area (Å²) in [6.45, 7) is 4.05.